The number of nitrogens with one attached hydrogen (secondary N) is 1. The summed E-state index contributed by atoms with van der Waals surface area (Å²) in [7, 11) is 0. The molecular weight excluding hydrogens is 316 g/mol. The van der Waals surface area contributed by atoms with Gasteiger partial charge in [0.15, 0.2) is 0 Å². The second-order valence-corrected chi connectivity index (χ2v) is 7.82. The number of aryl methyl sites for hydroxylation is 1. The maximum absolute atomic E-state index is 12.0. The minimum atomic E-state index is 0.219. The molecule has 0 saturated heterocycles. The van der Waals surface area contributed by atoms with Gasteiger partial charge in [-0.2, -0.15) is 0 Å². The Morgan fingerprint density at radius 2 is 1.96 bits per heavy atom. The van der Waals surface area contributed by atoms with Crippen molar-refractivity contribution >= 4 is 17.2 Å². The molecule has 1 aromatic carbocycles. The van der Waals surface area contributed by atoms with E-state index in [-0.39, 0.29) is 5.91 Å². The summed E-state index contributed by atoms with van der Waals surface area (Å²) >= 11 is 1.68. The fourth-order valence-corrected chi connectivity index (χ4v) is 4.03. The van der Waals surface area contributed by atoms with Crippen molar-refractivity contribution in [3.8, 4) is 11.3 Å². The largest absolute Gasteiger partial charge is 0.356 e. The third-order valence-electron chi connectivity index (χ3n) is 4.80. The van der Waals surface area contributed by atoms with Gasteiger partial charge in [-0.05, 0) is 37.7 Å². The second kappa shape index (κ2) is 8.43. The molecule has 0 aliphatic heterocycles. The molecule has 0 bridgehead atoms. The lowest BCUT2D eigenvalue weighted by atomic mass is 9.87. The zero-order chi connectivity index (χ0) is 16.8. The number of aromatic nitrogens is 1. The molecule has 128 valence electrons. The highest BCUT2D eigenvalue weighted by atomic mass is 32.1. The number of hydrogen-bond acceptors (Lipinski definition) is 3. The van der Waals surface area contributed by atoms with Crippen LogP contribution in [-0.2, 0) is 11.2 Å². The monoisotopic (exact) mass is 342 g/mol. The lowest BCUT2D eigenvalue weighted by Gasteiger charge is -2.20. The third-order valence-corrected chi connectivity index (χ3v) is 5.58. The summed E-state index contributed by atoms with van der Waals surface area (Å²) in [5.74, 6) is 0.830. The van der Waals surface area contributed by atoms with Crippen LogP contribution in [0.1, 0.15) is 49.1 Å². The van der Waals surface area contributed by atoms with Crippen molar-refractivity contribution < 1.29 is 4.79 Å². The summed E-state index contributed by atoms with van der Waals surface area (Å²) in [6.45, 7) is 2.75. The van der Waals surface area contributed by atoms with Gasteiger partial charge >= 0.3 is 0 Å². The number of nitrogens with zero attached hydrogens (tertiary/aromatic N) is 1. The van der Waals surface area contributed by atoms with Crippen molar-refractivity contribution in [1.82, 2.24) is 10.3 Å². The van der Waals surface area contributed by atoms with E-state index in [4.69, 9.17) is 0 Å². The highest BCUT2D eigenvalue weighted by Crippen LogP contribution is 2.26. The molecule has 1 heterocycles. The van der Waals surface area contributed by atoms with Crippen LogP contribution in [0.3, 0.4) is 0 Å². The van der Waals surface area contributed by atoms with Gasteiger partial charge in [-0.1, -0.05) is 43.5 Å². The van der Waals surface area contributed by atoms with Crippen molar-refractivity contribution in [3.63, 3.8) is 0 Å². The smallest absolute Gasteiger partial charge is 0.220 e. The summed E-state index contributed by atoms with van der Waals surface area (Å²) in [5, 5.41) is 6.26. The summed E-state index contributed by atoms with van der Waals surface area (Å²) in [6, 6.07) is 8.51. The molecule has 1 aromatic heterocycles. The van der Waals surface area contributed by atoms with Crippen LogP contribution >= 0.6 is 11.3 Å². The van der Waals surface area contributed by atoms with Gasteiger partial charge in [0, 0.05) is 23.9 Å². The second-order valence-electron chi connectivity index (χ2n) is 6.76. The topological polar surface area (TPSA) is 42.0 Å². The van der Waals surface area contributed by atoms with E-state index in [1.165, 1.54) is 37.7 Å². The first-order chi connectivity index (χ1) is 11.7. The molecule has 24 heavy (non-hydrogen) atoms. The molecule has 3 nitrogen and oxygen atoms in total. The first kappa shape index (κ1) is 17.2. The Morgan fingerprint density at radius 1 is 1.21 bits per heavy atom. The van der Waals surface area contributed by atoms with Gasteiger partial charge in [0.1, 0.15) is 0 Å². The number of hydrogen-bond donors (Lipinski definition) is 1. The van der Waals surface area contributed by atoms with E-state index in [1.807, 2.05) is 6.92 Å². The lowest BCUT2D eigenvalue weighted by Crippen LogP contribution is -2.28. The molecule has 0 spiro atoms. The Hall–Kier alpha value is -1.68. The third kappa shape index (κ3) is 4.91. The highest BCUT2D eigenvalue weighted by molar-refractivity contribution is 7.09. The van der Waals surface area contributed by atoms with Gasteiger partial charge in [-0.15, -0.1) is 11.3 Å². The molecular formula is C20H26N2OS. The van der Waals surface area contributed by atoms with Gasteiger partial charge in [0.25, 0.3) is 0 Å². The van der Waals surface area contributed by atoms with E-state index in [2.05, 4.69) is 39.9 Å². The van der Waals surface area contributed by atoms with Gasteiger partial charge < -0.3 is 5.32 Å². The van der Waals surface area contributed by atoms with Gasteiger partial charge in [-0.25, -0.2) is 4.98 Å². The van der Waals surface area contributed by atoms with Crippen molar-refractivity contribution in [3.05, 3.63) is 40.2 Å². The molecule has 1 saturated carbocycles. The van der Waals surface area contributed by atoms with Crippen LogP contribution < -0.4 is 5.32 Å². The minimum absolute atomic E-state index is 0.219. The maximum atomic E-state index is 12.0. The predicted molar refractivity (Wildman–Crippen MR) is 100 cm³/mol. The number of rotatable bonds is 6. The zero-order valence-corrected chi connectivity index (χ0v) is 15.2. The molecule has 4 heteroatoms. The fourth-order valence-electron chi connectivity index (χ4n) is 3.41. The highest BCUT2D eigenvalue weighted by Gasteiger charge is 2.16. The summed E-state index contributed by atoms with van der Waals surface area (Å²) < 4.78 is 0. The molecule has 1 aliphatic carbocycles. The fraction of sp³-hybridized carbons (Fsp3) is 0.500. The summed E-state index contributed by atoms with van der Waals surface area (Å²) in [6.07, 6.45) is 7.98. The van der Waals surface area contributed by atoms with Crippen LogP contribution in [0.5, 0.6) is 0 Å². The van der Waals surface area contributed by atoms with Crippen LogP contribution in [0, 0.1) is 12.8 Å². The van der Waals surface area contributed by atoms with E-state index in [0.29, 0.717) is 12.3 Å². The van der Waals surface area contributed by atoms with Crippen LogP contribution in [-0.4, -0.2) is 17.4 Å². The van der Waals surface area contributed by atoms with Crippen molar-refractivity contribution in [2.75, 3.05) is 6.54 Å². The Bertz CT molecular complexity index is 657. The molecule has 0 unspecified atom stereocenters. The van der Waals surface area contributed by atoms with Crippen LogP contribution in [0.2, 0.25) is 0 Å². The lowest BCUT2D eigenvalue weighted by molar-refractivity contribution is -0.122. The van der Waals surface area contributed by atoms with E-state index in [0.717, 1.165) is 29.2 Å². The first-order valence-electron chi connectivity index (χ1n) is 8.99. The average molecular weight is 343 g/mol. The number of benzene rings is 1. The zero-order valence-electron chi connectivity index (χ0n) is 14.4. The summed E-state index contributed by atoms with van der Waals surface area (Å²) in [4.78, 5) is 16.5. The van der Waals surface area contributed by atoms with E-state index < -0.39 is 0 Å². The van der Waals surface area contributed by atoms with E-state index in [9.17, 15) is 4.79 Å². The number of thiazole rings is 1. The molecule has 1 aliphatic rings. The molecule has 0 atom stereocenters. The SMILES string of the molecule is Cc1nc(-c2ccc(CCNC(=O)CC3CCCCC3)cc2)cs1. The van der Waals surface area contributed by atoms with E-state index >= 15 is 0 Å². The van der Waals surface area contributed by atoms with E-state index in [1.54, 1.807) is 11.3 Å². The molecule has 1 fully saturated rings. The standard InChI is InChI=1S/C20H26N2OS/c1-15-22-19(14-24-15)18-9-7-16(8-10-18)11-12-21-20(23)13-17-5-3-2-4-6-17/h7-10,14,17H,2-6,11-13H2,1H3,(H,21,23). The van der Waals surface area contributed by atoms with Gasteiger partial charge in [0.2, 0.25) is 5.91 Å². The molecule has 2 aromatic rings. The Morgan fingerprint density at radius 3 is 2.62 bits per heavy atom. The number of amides is 1. The molecule has 0 radical (unpaired) electrons. The van der Waals surface area contributed by atoms with Crippen molar-refractivity contribution in [1.29, 1.82) is 0 Å². The first-order valence-corrected chi connectivity index (χ1v) is 9.87. The van der Waals surface area contributed by atoms with Crippen LogP contribution in [0.4, 0.5) is 0 Å². The average Bonchev–Trinajstić information content (AvgIpc) is 3.03. The Balaban J connectivity index is 1.42. The maximum Gasteiger partial charge on any atom is 0.220 e. The van der Waals surface area contributed by atoms with Crippen molar-refractivity contribution in [2.24, 2.45) is 5.92 Å². The molecule has 1 N–H and O–H groups in total. The molecule has 3 rings (SSSR count). The van der Waals surface area contributed by atoms with Crippen LogP contribution in [0.15, 0.2) is 29.6 Å². The molecule has 1 amide bonds. The summed E-state index contributed by atoms with van der Waals surface area (Å²) in [5.41, 5.74) is 3.46. The quantitative estimate of drug-likeness (QED) is 0.823. The van der Waals surface area contributed by atoms with Crippen LogP contribution in [0.25, 0.3) is 11.3 Å². The number of carbonyl (C=O) groups excluding carboxylic acids is 1. The van der Waals surface area contributed by atoms with Gasteiger partial charge in [0.05, 0.1) is 10.7 Å². The predicted octanol–water partition coefficient (Wildman–Crippen LogP) is 4.75. The minimum Gasteiger partial charge on any atom is -0.356 e. The Labute approximate surface area is 148 Å². The van der Waals surface area contributed by atoms with Gasteiger partial charge in [-0.3, -0.25) is 4.79 Å². The Kier molecular flexibility index (Phi) is 6.02. The van der Waals surface area contributed by atoms with Crippen molar-refractivity contribution in [2.45, 2.75) is 51.9 Å². The number of carbonyl (C=O) groups is 1. The normalized spacial score (nSPS) is 15.4.